The highest BCUT2D eigenvalue weighted by Crippen LogP contribution is 2.27. The van der Waals surface area contributed by atoms with Gasteiger partial charge >= 0.3 is 5.97 Å². The molecule has 0 heterocycles. The number of methoxy groups -OCH3 is 1. The van der Waals surface area contributed by atoms with Crippen molar-refractivity contribution in [1.82, 2.24) is 0 Å². The van der Waals surface area contributed by atoms with Gasteiger partial charge in [0.15, 0.2) is 5.78 Å². The van der Waals surface area contributed by atoms with Crippen molar-refractivity contribution in [2.24, 2.45) is 0 Å². The summed E-state index contributed by atoms with van der Waals surface area (Å²) >= 11 is 0. The zero-order valence-corrected chi connectivity index (χ0v) is 11.9. The molecule has 0 N–H and O–H groups in total. The molecule has 4 heteroatoms. The van der Waals surface area contributed by atoms with Crippen LogP contribution < -0.4 is 4.74 Å². The Morgan fingerprint density at radius 2 is 1.89 bits per heavy atom. The molecule has 0 fully saturated rings. The molecular formula is C15H20O4. The number of ether oxygens (including phenoxy) is 2. The van der Waals surface area contributed by atoms with Gasteiger partial charge in [0.1, 0.15) is 11.3 Å². The van der Waals surface area contributed by atoms with Gasteiger partial charge in [-0.2, -0.15) is 0 Å². The van der Waals surface area contributed by atoms with Gasteiger partial charge in [-0.25, -0.2) is 4.79 Å². The average Bonchev–Trinajstić information content (AvgIpc) is 2.38. The molecule has 0 bridgehead atoms. The third-order valence-electron chi connectivity index (χ3n) is 2.80. The SMILES string of the molecule is CCCc1cc(C(C)=O)cc(OCC)c1C(=O)OC. The fourth-order valence-electron chi connectivity index (χ4n) is 1.95. The van der Waals surface area contributed by atoms with Gasteiger partial charge in [0, 0.05) is 5.56 Å². The second-order valence-corrected chi connectivity index (χ2v) is 4.24. The molecule has 4 nitrogen and oxygen atoms in total. The highest BCUT2D eigenvalue weighted by atomic mass is 16.5. The van der Waals surface area contributed by atoms with Crippen molar-refractivity contribution in [2.75, 3.05) is 13.7 Å². The van der Waals surface area contributed by atoms with Crippen LogP contribution in [0.3, 0.4) is 0 Å². The minimum atomic E-state index is -0.429. The van der Waals surface area contributed by atoms with Gasteiger partial charge in [0.25, 0.3) is 0 Å². The zero-order valence-electron chi connectivity index (χ0n) is 11.9. The molecule has 0 aromatic heterocycles. The van der Waals surface area contributed by atoms with E-state index in [1.165, 1.54) is 14.0 Å². The fraction of sp³-hybridized carbons (Fsp3) is 0.467. The quantitative estimate of drug-likeness (QED) is 0.585. The molecule has 19 heavy (non-hydrogen) atoms. The third-order valence-corrected chi connectivity index (χ3v) is 2.80. The first-order valence-corrected chi connectivity index (χ1v) is 6.44. The van der Waals surface area contributed by atoms with E-state index in [0.29, 0.717) is 29.9 Å². The van der Waals surface area contributed by atoms with Gasteiger partial charge in [0.2, 0.25) is 0 Å². The van der Waals surface area contributed by atoms with Gasteiger partial charge in [-0.1, -0.05) is 13.3 Å². The molecule has 0 aliphatic carbocycles. The molecule has 0 aliphatic heterocycles. The average molecular weight is 264 g/mol. The maximum Gasteiger partial charge on any atom is 0.341 e. The molecule has 104 valence electrons. The smallest absolute Gasteiger partial charge is 0.341 e. The van der Waals surface area contributed by atoms with Gasteiger partial charge < -0.3 is 9.47 Å². The van der Waals surface area contributed by atoms with E-state index in [1.54, 1.807) is 12.1 Å². The lowest BCUT2D eigenvalue weighted by molar-refractivity contribution is 0.0594. The molecule has 0 unspecified atom stereocenters. The van der Waals surface area contributed by atoms with Crippen molar-refractivity contribution in [1.29, 1.82) is 0 Å². The lowest BCUT2D eigenvalue weighted by Gasteiger charge is -2.14. The maximum absolute atomic E-state index is 11.9. The van der Waals surface area contributed by atoms with Crippen LogP contribution in [-0.2, 0) is 11.2 Å². The largest absolute Gasteiger partial charge is 0.493 e. The Bertz CT molecular complexity index is 450. The molecule has 0 spiro atoms. The van der Waals surface area contributed by atoms with E-state index in [2.05, 4.69) is 0 Å². The Labute approximate surface area is 113 Å². The van der Waals surface area contributed by atoms with Crippen LogP contribution in [0, 0.1) is 0 Å². The van der Waals surface area contributed by atoms with E-state index < -0.39 is 5.97 Å². The highest BCUT2D eigenvalue weighted by molar-refractivity contribution is 5.99. The van der Waals surface area contributed by atoms with E-state index >= 15 is 0 Å². The molecule has 0 saturated heterocycles. The van der Waals surface area contributed by atoms with Crippen LogP contribution in [0.5, 0.6) is 5.75 Å². The maximum atomic E-state index is 11.9. The fourth-order valence-corrected chi connectivity index (χ4v) is 1.95. The van der Waals surface area contributed by atoms with E-state index in [1.807, 2.05) is 13.8 Å². The lowest BCUT2D eigenvalue weighted by atomic mass is 9.97. The van der Waals surface area contributed by atoms with E-state index in [9.17, 15) is 9.59 Å². The minimum Gasteiger partial charge on any atom is -0.493 e. The summed E-state index contributed by atoms with van der Waals surface area (Å²) < 4.78 is 10.3. The molecular weight excluding hydrogens is 244 g/mol. The summed E-state index contributed by atoms with van der Waals surface area (Å²) in [5.41, 5.74) is 1.78. The summed E-state index contributed by atoms with van der Waals surface area (Å²) in [5.74, 6) is -0.0535. The number of carbonyl (C=O) groups excluding carboxylic acids is 2. The Balaban J connectivity index is 3.45. The molecule has 1 aromatic carbocycles. The Morgan fingerprint density at radius 1 is 1.21 bits per heavy atom. The van der Waals surface area contributed by atoms with Crippen LogP contribution in [0.1, 0.15) is 53.5 Å². The number of rotatable bonds is 6. The monoisotopic (exact) mass is 264 g/mol. The Morgan fingerprint density at radius 3 is 2.37 bits per heavy atom. The molecule has 1 rings (SSSR count). The molecule has 1 aromatic rings. The van der Waals surface area contributed by atoms with Crippen molar-refractivity contribution in [3.05, 3.63) is 28.8 Å². The van der Waals surface area contributed by atoms with Gasteiger partial charge in [-0.3, -0.25) is 4.79 Å². The van der Waals surface area contributed by atoms with Crippen LogP contribution >= 0.6 is 0 Å². The van der Waals surface area contributed by atoms with Crippen molar-refractivity contribution in [2.45, 2.75) is 33.6 Å². The number of Topliss-reactive ketones (excluding diaryl/α,β-unsaturated/α-hetero) is 1. The zero-order chi connectivity index (χ0) is 14.4. The number of benzene rings is 1. The summed E-state index contributed by atoms with van der Waals surface area (Å²) in [4.78, 5) is 23.4. The molecule has 0 saturated carbocycles. The second-order valence-electron chi connectivity index (χ2n) is 4.24. The molecule has 0 amide bonds. The summed E-state index contributed by atoms with van der Waals surface area (Å²) in [6, 6.07) is 3.36. The normalized spacial score (nSPS) is 10.1. The topological polar surface area (TPSA) is 52.6 Å². The summed E-state index contributed by atoms with van der Waals surface area (Å²) in [5, 5.41) is 0. The summed E-state index contributed by atoms with van der Waals surface area (Å²) in [6.07, 6.45) is 1.57. The first-order chi connectivity index (χ1) is 9.04. The number of esters is 1. The predicted octanol–water partition coefficient (Wildman–Crippen LogP) is 3.03. The number of hydrogen-bond acceptors (Lipinski definition) is 4. The number of ketones is 1. The van der Waals surface area contributed by atoms with Gasteiger partial charge in [-0.15, -0.1) is 0 Å². The molecule has 0 atom stereocenters. The first kappa shape index (κ1) is 15.2. The van der Waals surface area contributed by atoms with E-state index in [-0.39, 0.29) is 5.78 Å². The van der Waals surface area contributed by atoms with Gasteiger partial charge in [-0.05, 0) is 38.0 Å². The molecule has 0 radical (unpaired) electrons. The van der Waals surface area contributed by atoms with E-state index in [0.717, 1.165) is 12.0 Å². The van der Waals surface area contributed by atoms with Crippen LogP contribution in [0.2, 0.25) is 0 Å². The molecule has 0 aliphatic rings. The lowest BCUT2D eigenvalue weighted by Crippen LogP contribution is -2.11. The number of hydrogen-bond donors (Lipinski definition) is 0. The Kier molecular flexibility index (Phi) is 5.55. The van der Waals surface area contributed by atoms with Crippen molar-refractivity contribution >= 4 is 11.8 Å². The number of carbonyl (C=O) groups is 2. The predicted molar refractivity (Wildman–Crippen MR) is 73.0 cm³/mol. The van der Waals surface area contributed by atoms with Crippen molar-refractivity contribution < 1.29 is 19.1 Å². The summed E-state index contributed by atoms with van der Waals surface area (Å²) in [7, 11) is 1.34. The van der Waals surface area contributed by atoms with Gasteiger partial charge in [0.05, 0.1) is 13.7 Å². The first-order valence-electron chi connectivity index (χ1n) is 6.44. The minimum absolute atomic E-state index is 0.0466. The third kappa shape index (κ3) is 3.56. The summed E-state index contributed by atoms with van der Waals surface area (Å²) in [6.45, 7) is 5.78. The number of aryl methyl sites for hydroxylation is 1. The van der Waals surface area contributed by atoms with Crippen LogP contribution in [0.4, 0.5) is 0 Å². The van der Waals surface area contributed by atoms with Crippen LogP contribution in [0.25, 0.3) is 0 Å². The van der Waals surface area contributed by atoms with Crippen molar-refractivity contribution in [3.8, 4) is 5.75 Å². The highest BCUT2D eigenvalue weighted by Gasteiger charge is 2.20. The van der Waals surface area contributed by atoms with Crippen molar-refractivity contribution in [3.63, 3.8) is 0 Å². The van der Waals surface area contributed by atoms with Crippen LogP contribution in [0.15, 0.2) is 12.1 Å². The Hall–Kier alpha value is -1.84. The second kappa shape index (κ2) is 6.92. The van der Waals surface area contributed by atoms with E-state index in [4.69, 9.17) is 9.47 Å². The van der Waals surface area contributed by atoms with Crippen LogP contribution in [-0.4, -0.2) is 25.5 Å². The standard InChI is InChI=1S/C15H20O4/c1-5-7-11-8-12(10(3)16)9-13(19-6-2)14(11)15(17)18-4/h8-9H,5-7H2,1-4H3.